The van der Waals surface area contributed by atoms with E-state index >= 15 is 0 Å². The van der Waals surface area contributed by atoms with Crippen molar-refractivity contribution in [1.29, 1.82) is 0 Å². The largest absolute Gasteiger partial charge is 0.316 e. The monoisotopic (exact) mass is 290 g/mol. The summed E-state index contributed by atoms with van der Waals surface area (Å²) in [5.74, 6) is 1.67. The number of nitrogens with one attached hydrogen (secondary N) is 1. The van der Waals surface area contributed by atoms with Crippen LogP contribution in [0.15, 0.2) is 29.2 Å². The van der Waals surface area contributed by atoms with E-state index in [4.69, 9.17) is 0 Å². The molecule has 1 aromatic carbocycles. The average molecular weight is 290 g/mol. The predicted octanol–water partition coefficient (Wildman–Crippen LogP) is 2.76. The first-order chi connectivity index (χ1) is 9.65. The quantitative estimate of drug-likeness (QED) is 0.909. The molecule has 1 unspecified atom stereocenters. The molecule has 0 saturated carbocycles. The maximum atomic E-state index is 13.2. The van der Waals surface area contributed by atoms with Crippen LogP contribution in [-0.4, -0.2) is 31.3 Å². The number of hydrogen-bond donors (Lipinski definition) is 1. The van der Waals surface area contributed by atoms with Gasteiger partial charge in [0.15, 0.2) is 0 Å². The lowest BCUT2D eigenvalue weighted by molar-refractivity contribution is -0.129. The Labute approximate surface area is 125 Å². The zero-order valence-electron chi connectivity index (χ0n) is 12.2. The van der Waals surface area contributed by atoms with Gasteiger partial charge in [-0.2, -0.15) is 0 Å². The fourth-order valence-electron chi connectivity index (χ4n) is 3.28. The molecule has 2 aliphatic heterocycles. The summed E-state index contributed by atoms with van der Waals surface area (Å²) in [4.78, 5) is 16.5. The van der Waals surface area contributed by atoms with Crippen molar-refractivity contribution in [3.8, 4) is 0 Å². The highest BCUT2D eigenvalue weighted by Gasteiger charge is 2.46. The first kappa shape index (κ1) is 14.0. The zero-order chi connectivity index (χ0) is 14.2. The molecule has 0 aromatic heterocycles. The lowest BCUT2D eigenvalue weighted by atomic mass is 9.75. The number of anilines is 1. The van der Waals surface area contributed by atoms with Crippen LogP contribution in [0.3, 0.4) is 0 Å². The average Bonchev–Trinajstić information content (AvgIpc) is 2.97. The second-order valence-electron chi connectivity index (χ2n) is 6.01. The normalized spacial score (nSPS) is 25.9. The van der Waals surface area contributed by atoms with Crippen LogP contribution in [0.25, 0.3) is 0 Å². The standard InChI is InChI=1S/C16H22N2OS/c1-12(2)16(7-8-17-11-16)15(19)18-9-10-20-14-6-4-3-5-13(14)18/h3-6,12,17H,7-11H2,1-2H3. The molecule has 3 rings (SSSR count). The van der Waals surface area contributed by atoms with Crippen molar-refractivity contribution in [3.63, 3.8) is 0 Å². The van der Waals surface area contributed by atoms with Crippen LogP contribution in [0.4, 0.5) is 5.69 Å². The Bertz CT molecular complexity index is 509. The summed E-state index contributed by atoms with van der Waals surface area (Å²) in [7, 11) is 0. The number of fused-ring (bicyclic) bond motifs is 1. The number of amides is 1. The van der Waals surface area contributed by atoms with Crippen molar-refractivity contribution >= 4 is 23.4 Å². The van der Waals surface area contributed by atoms with Crippen molar-refractivity contribution in [3.05, 3.63) is 24.3 Å². The fourth-order valence-corrected chi connectivity index (χ4v) is 4.28. The minimum atomic E-state index is -0.227. The van der Waals surface area contributed by atoms with Gasteiger partial charge in [0.25, 0.3) is 0 Å². The van der Waals surface area contributed by atoms with Crippen LogP contribution >= 0.6 is 11.8 Å². The molecule has 0 spiro atoms. The van der Waals surface area contributed by atoms with Gasteiger partial charge >= 0.3 is 0 Å². The first-order valence-corrected chi connectivity index (χ1v) is 8.38. The molecule has 1 N–H and O–H groups in total. The Balaban J connectivity index is 1.95. The molecular formula is C16H22N2OS. The second-order valence-corrected chi connectivity index (χ2v) is 7.15. The van der Waals surface area contributed by atoms with E-state index in [-0.39, 0.29) is 5.41 Å². The van der Waals surface area contributed by atoms with Gasteiger partial charge < -0.3 is 10.2 Å². The van der Waals surface area contributed by atoms with E-state index in [0.29, 0.717) is 11.8 Å². The first-order valence-electron chi connectivity index (χ1n) is 7.40. The van der Waals surface area contributed by atoms with E-state index < -0.39 is 0 Å². The van der Waals surface area contributed by atoms with E-state index in [1.807, 2.05) is 22.7 Å². The second kappa shape index (κ2) is 5.41. The SMILES string of the molecule is CC(C)C1(C(=O)N2CCSc3ccccc32)CCNC1. The minimum Gasteiger partial charge on any atom is -0.316 e. The number of nitrogens with zero attached hydrogens (tertiary/aromatic N) is 1. The molecule has 1 saturated heterocycles. The maximum absolute atomic E-state index is 13.2. The van der Waals surface area contributed by atoms with Crippen molar-refractivity contribution < 1.29 is 4.79 Å². The van der Waals surface area contributed by atoms with Gasteiger partial charge in [-0.3, -0.25) is 4.79 Å². The third-order valence-electron chi connectivity index (χ3n) is 4.69. The molecule has 2 heterocycles. The molecule has 1 fully saturated rings. The molecule has 1 atom stereocenters. The lowest BCUT2D eigenvalue weighted by Gasteiger charge is -2.39. The summed E-state index contributed by atoms with van der Waals surface area (Å²) >= 11 is 1.85. The summed E-state index contributed by atoms with van der Waals surface area (Å²) in [6.45, 7) is 6.95. The van der Waals surface area contributed by atoms with Gasteiger partial charge in [0, 0.05) is 23.7 Å². The van der Waals surface area contributed by atoms with Crippen LogP contribution in [0.2, 0.25) is 0 Å². The van der Waals surface area contributed by atoms with Gasteiger partial charge in [-0.1, -0.05) is 26.0 Å². The highest BCUT2D eigenvalue weighted by Crippen LogP contribution is 2.41. The Morgan fingerprint density at radius 3 is 2.90 bits per heavy atom. The summed E-state index contributed by atoms with van der Waals surface area (Å²) in [5.41, 5.74) is 0.871. The minimum absolute atomic E-state index is 0.227. The smallest absolute Gasteiger partial charge is 0.234 e. The van der Waals surface area contributed by atoms with Gasteiger partial charge in [-0.05, 0) is 31.0 Å². The molecule has 0 bridgehead atoms. The molecule has 2 aliphatic rings. The van der Waals surface area contributed by atoms with Crippen molar-refractivity contribution in [2.75, 3.05) is 30.3 Å². The number of carbonyl (C=O) groups excluding carboxylic acids is 1. The lowest BCUT2D eigenvalue weighted by Crippen LogP contribution is -2.50. The Morgan fingerprint density at radius 2 is 2.20 bits per heavy atom. The highest BCUT2D eigenvalue weighted by atomic mass is 32.2. The number of carbonyl (C=O) groups is 1. The van der Waals surface area contributed by atoms with E-state index in [0.717, 1.165) is 37.5 Å². The number of rotatable bonds is 2. The van der Waals surface area contributed by atoms with Gasteiger partial charge in [0.2, 0.25) is 5.91 Å². The molecule has 1 aromatic rings. The topological polar surface area (TPSA) is 32.3 Å². The van der Waals surface area contributed by atoms with Crippen LogP contribution in [0, 0.1) is 11.3 Å². The Hall–Kier alpha value is -1.00. The van der Waals surface area contributed by atoms with E-state index in [1.165, 1.54) is 4.90 Å². The molecule has 4 heteroatoms. The van der Waals surface area contributed by atoms with Gasteiger partial charge in [-0.25, -0.2) is 0 Å². The predicted molar refractivity (Wildman–Crippen MR) is 84.3 cm³/mol. The molecule has 1 amide bonds. The molecule has 3 nitrogen and oxygen atoms in total. The number of thioether (sulfide) groups is 1. The number of benzene rings is 1. The third kappa shape index (κ3) is 2.15. The third-order valence-corrected chi connectivity index (χ3v) is 5.74. The van der Waals surface area contributed by atoms with Crippen molar-refractivity contribution in [2.24, 2.45) is 11.3 Å². The summed E-state index contributed by atoms with van der Waals surface area (Å²) in [5, 5.41) is 3.39. The van der Waals surface area contributed by atoms with Crippen molar-refractivity contribution in [1.82, 2.24) is 5.32 Å². The van der Waals surface area contributed by atoms with E-state index in [9.17, 15) is 4.79 Å². The molecule has 20 heavy (non-hydrogen) atoms. The van der Waals surface area contributed by atoms with Crippen LogP contribution in [0.1, 0.15) is 20.3 Å². The number of hydrogen-bond acceptors (Lipinski definition) is 3. The van der Waals surface area contributed by atoms with E-state index in [1.54, 1.807) is 0 Å². The van der Waals surface area contributed by atoms with Gasteiger partial charge in [0.1, 0.15) is 0 Å². The fraction of sp³-hybridized carbons (Fsp3) is 0.562. The van der Waals surface area contributed by atoms with Gasteiger partial charge in [0.05, 0.1) is 11.1 Å². The molecule has 0 aliphatic carbocycles. The maximum Gasteiger partial charge on any atom is 0.234 e. The highest BCUT2D eigenvalue weighted by molar-refractivity contribution is 7.99. The Kier molecular flexibility index (Phi) is 3.78. The molecule has 108 valence electrons. The summed E-state index contributed by atoms with van der Waals surface area (Å²) < 4.78 is 0. The molecular weight excluding hydrogens is 268 g/mol. The van der Waals surface area contributed by atoms with Crippen molar-refractivity contribution in [2.45, 2.75) is 25.2 Å². The van der Waals surface area contributed by atoms with Crippen LogP contribution in [0.5, 0.6) is 0 Å². The summed E-state index contributed by atoms with van der Waals surface area (Å²) in [6, 6.07) is 8.28. The van der Waals surface area contributed by atoms with E-state index in [2.05, 4.69) is 37.4 Å². The van der Waals surface area contributed by atoms with Gasteiger partial charge in [-0.15, -0.1) is 11.8 Å². The number of para-hydroxylation sites is 1. The molecule has 0 radical (unpaired) electrons. The Morgan fingerprint density at radius 1 is 1.40 bits per heavy atom. The van der Waals surface area contributed by atoms with Crippen LogP contribution < -0.4 is 10.2 Å². The summed E-state index contributed by atoms with van der Waals surface area (Å²) in [6.07, 6.45) is 0.954. The van der Waals surface area contributed by atoms with Crippen LogP contribution in [-0.2, 0) is 4.79 Å². The zero-order valence-corrected chi connectivity index (χ0v) is 13.0.